The van der Waals surface area contributed by atoms with Crippen molar-refractivity contribution in [3.05, 3.63) is 42.0 Å². The number of hydrogen-bond donors (Lipinski definition) is 0. The minimum Gasteiger partial charge on any atom is -0.422 e. The lowest BCUT2D eigenvalue weighted by atomic mass is 10.0. The lowest BCUT2D eigenvalue weighted by Gasteiger charge is -2.16. The number of hydrogen-bond acceptors (Lipinski definition) is 5. The van der Waals surface area contributed by atoms with Gasteiger partial charge < -0.3 is 4.42 Å². The Hall–Kier alpha value is -3.11. The molecule has 0 radical (unpaired) electrons. The molecule has 0 aromatic carbocycles. The summed E-state index contributed by atoms with van der Waals surface area (Å²) in [6, 6.07) is 3.02. The van der Waals surface area contributed by atoms with E-state index in [-0.39, 0.29) is 28.3 Å². The monoisotopic (exact) mass is 369 g/mol. The molecule has 0 aliphatic carbocycles. The van der Waals surface area contributed by atoms with Crippen LogP contribution in [0.15, 0.2) is 35.2 Å². The highest BCUT2D eigenvalue weighted by molar-refractivity contribution is 5.83. The van der Waals surface area contributed by atoms with Crippen LogP contribution >= 0.6 is 0 Å². The quantitative estimate of drug-likeness (QED) is 0.499. The zero-order valence-corrected chi connectivity index (χ0v) is 12.9. The zero-order chi connectivity index (χ0) is 18.7. The predicted octanol–water partition coefficient (Wildman–Crippen LogP) is 4.06. The number of alkyl halides is 5. The van der Waals surface area contributed by atoms with Crippen molar-refractivity contribution in [1.29, 1.82) is 0 Å². The Morgan fingerprint density at radius 1 is 1.08 bits per heavy atom. The zero-order valence-electron chi connectivity index (χ0n) is 12.9. The molecule has 6 nitrogen and oxygen atoms in total. The largest absolute Gasteiger partial charge is 0.433 e. The first-order chi connectivity index (χ1) is 12.1. The molecule has 4 rings (SSSR count). The fraction of sp³-hybridized carbons (Fsp3) is 0.200. The lowest BCUT2D eigenvalue weighted by molar-refractivity contribution is -0.141. The van der Waals surface area contributed by atoms with Crippen LogP contribution < -0.4 is 0 Å². The topological polar surface area (TPSA) is 69.1 Å². The van der Waals surface area contributed by atoms with E-state index in [0.717, 1.165) is 6.39 Å². The van der Waals surface area contributed by atoms with Gasteiger partial charge in [-0.25, -0.2) is 18.7 Å². The smallest absolute Gasteiger partial charge is 0.422 e. The molecule has 0 saturated carbocycles. The van der Waals surface area contributed by atoms with Crippen LogP contribution in [0.4, 0.5) is 22.0 Å². The van der Waals surface area contributed by atoms with Gasteiger partial charge in [-0.1, -0.05) is 0 Å². The molecule has 4 heterocycles. The van der Waals surface area contributed by atoms with Crippen molar-refractivity contribution < 1.29 is 26.4 Å². The maximum Gasteiger partial charge on any atom is 0.433 e. The van der Waals surface area contributed by atoms with Gasteiger partial charge in [-0.2, -0.15) is 13.2 Å². The van der Waals surface area contributed by atoms with E-state index in [1.165, 1.54) is 22.7 Å². The van der Waals surface area contributed by atoms with Crippen LogP contribution in [0.25, 0.3) is 28.3 Å². The third kappa shape index (κ3) is 2.55. The van der Waals surface area contributed by atoms with E-state index in [4.69, 9.17) is 4.42 Å². The van der Waals surface area contributed by atoms with E-state index >= 15 is 0 Å². The second-order valence-corrected chi connectivity index (χ2v) is 5.61. The Morgan fingerprint density at radius 3 is 2.46 bits per heavy atom. The summed E-state index contributed by atoms with van der Waals surface area (Å²) < 4.78 is 73.5. The molecule has 0 bridgehead atoms. The van der Waals surface area contributed by atoms with Crippen molar-refractivity contribution in [3.63, 3.8) is 0 Å². The Morgan fingerprint density at radius 2 is 1.85 bits per heavy atom. The molecule has 0 N–H and O–H groups in total. The molecule has 0 amide bonds. The molecule has 0 fully saturated rings. The number of aromatic nitrogens is 5. The average molecular weight is 369 g/mol. The first-order valence-electron chi connectivity index (χ1n) is 7.19. The van der Waals surface area contributed by atoms with Crippen LogP contribution in [-0.4, -0.2) is 24.6 Å². The highest BCUT2D eigenvalue weighted by Crippen LogP contribution is 2.37. The van der Waals surface area contributed by atoms with Crippen molar-refractivity contribution >= 4 is 16.7 Å². The van der Waals surface area contributed by atoms with Crippen molar-refractivity contribution in [3.8, 4) is 11.6 Å². The molecule has 0 spiro atoms. The summed E-state index contributed by atoms with van der Waals surface area (Å²) >= 11 is 0. The van der Waals surface area contributed by atoms with Gasteiger partial charge in [-0.05, 0) is 18.2 Å². The minimum atomic E-state index is -4.88. The van der Waals surface area contributed by atoms with Crippen LogP contribution in [0.1, 0.15) is 18.2 Å². The molecule has 4 aromatic heterocycles. The molecular formula is C15H8F5N5O. The number of imidazole rings is 1. The Bertz CT molecular complexity index is 1110. The van der Waals surface area contributed by atoms with Gasteiger partial charge in [0.15, 0.2) is 0 Å². The molecule has 134 valence electrons. The maximum atomic E-state index is 13.9. The Balaban J connectivity index is 2.09. The molecule has 0 unspecified atom stereocenters. The highest BCUT2D eigenvalue weighted by atomic mass is 19.4. The van der Waals surface area contributed by atoms with Gasteiger partial charge in [0.05, 0.1) is 0 Å². The van der Waals surface area contributed by atoms with Gasteiger partial charge >= 0.3 is 6.18 Å². The lowest BCUT2D eigenvalue weighted by Crippen LogP contribution is -2.15. The summed E-state index contributed by atoms with van der Waals surface area (Å²) in [6.45, 7) is 0.532. The van der Waals surface area contributed by atoms with Gasteiger partial charge in [-0.15, -0.1) is 10.2 Å². The van der Waals surface area contributed by atoms with Gasteiger partial charge in [0, 0.05) is 24.1 Å². The molecule has 4 aromatic rings. The highest BCUT2D eigenvalue weighted by Gasteiger charge is 2.37. The molecule has 0 saturated heterocycles. The summed E-state index contributed by atoms with van der Waals surface area (Å²) in [7, 11) is 0. The number of fused-ring (bicyclic) bond motifs is 3. The van der Waals surface area contributed by atoms with Crippen LogP contribution in [0.5, 0.6) is 0 Å². The Labute approximate surface area is 141 Å². The van der Waals surface area contributed by atoms with Gasteiger partial charge in [-0.3, -0.25) is 4.40 Å². The molecule has 0 aliphatic heterocycles. The first kappa shape index (κ1) is 16.4. The SMILES string of the molecule is CC(F)(F)c1cc(C(F)(F)F)nc2c1ccc1nc(-c3nnco3)cn12. The van der Waals surface area contributed by atoms with Crippen molar-refractivity contribution in [2.75, 3.05) is 0 Å². The van der Waals surface area contributed by atoms with E-state index in [9.17, 15) is 22.0 Å². The third-order valence-corrected chi connectivity index (χ3v) is 3.74. The minimum absolute atomic E-state index is 0.0369. The normalized spacial score (nSPS) is 13.0. The third-order valence-electron chi connectivity index (χ3n) is 3.74. The predicted molar refractivity (Wildman–Crippen MR) is 78.4 cm³/mol. The van der Waals surface area contributed by atoms with E-state index in [0.29, 0.717) is 13.0 Å². The maximum absolute atomic E-state index is 13.9. The molecule has 0 aliphatic rings. The summed E-state index contributed by atoms with van der Waals surface area (Å²) in [5.41, 5.74) is -2.11. The van der Waals surface area contributed by atoms with Crippen LogP contribution in [-0.2, 0) is 12.1 Å². The molecule has 26 heavy (non-hydrogen) atoms. The standard InChI is InChI=1S/C15H8F5N5O/c1-14(16,17)8-4-10(15(18,19)20)23-12-7(8)2-3-11-22-9(5-25(11)12)13-24-21-6-26-13/h2-6H,1H3. The number of nitrogens with zero attached hydrogens (tertiary/aromatic N) is 5. The van der Waals surface area contributed by atoms with Gasteiger partial charge in [0.1, 0.15) is 22.7 Å². The molecule has 0 atom stereocenters. The summed E-state index contributed by atoms with van der Waals surface area (Å²) in [6.07, 6.45) is -2.52. The Kier molecular flexibility index (Phi) is 3.27. The summed E-state index contributed by atoms with van der Waals surface area (Å²) in [5, 5.41) is 7.04. The fourth-order valence-corrected chi connectivity index (χ4v) is 2.63. The van der Waals surface area contributed by atoms with Crippen LogP contribution in [0.2, 0.25) is 0 Å². The van der Waals surface area contributed by atoms with E-state index in [2.05, 4.69) is 20.2 Å². The van der Waals surface area contributed by atoms with Crippen molar-refractivity contribution in [2.45, 2.75) is 19.0 Å². The van der Waals surface area contributed by atoms with Crippen molar-refractivity contribution in [2.24, 2.45) is 0 Å². The van der Waals surface area contributed by atoms with E-state index in [1.54, 1.807) is 0 Å². The average Bonchev–Trinajstić information content (AvgIpc) is 3.20. The van der Waals surface area contributed by atoms with Crippen LogP contribution in [0, 0.1) is 0 Å². The van der Waals surface area contributed by atoms with Crippen LogP contribution in [0.3, 0.4) is 0 Å². The second kappa shape index (κ2) is 5.19. The summed E-state index contributed by atoms with van der Waals surface area (Å²) in [4.78, 5) is 7.69. The number of halogens is 5. The molecular weight excluding hydrogens is 361 g/mol. The fourth-order valence-electron chi connectivity index (χ4n) is 2.63. The van der Waals surface area contributed by atoms with Crippen molar-refractivity contribution in [1.82, 2.24) is 24.6 Å². The second-order valence-electron chi connectivity index (χ2n) is 5.61. The van der Waals surface area contributed by atoms with E-state index in [1.807, 2.05) is 0 Å². The van der Waals surface area contributed by atoms with Gasteiger partial charge in [0.25, 0.3) is 11.8 Å². The van der Waals surface area contributed by atoms with Gasteiger partial charge in [0.2, 0.25) is 6.39 Å². The number of rotatable bonds is 2. The summed E-state index contributed by atoms with van der Waals surface area (Å²) in [5.74, 6) is -3.46. The first-order valence-corrected chi connectivity index (χ1v) is 7.19. The molecule has 11 heteroatoms. The van der Waals surface area contributed by atoms with E-state index < -0.39 is 23.4 Å². The number of pyridine rings is 2.